The molecule has 0 unspecified atom stereocenters. The number of carbonyl (C=O) groups is 1. The van der Waals surface area contributed by atoms with Crippen LogP contribution in [0, 0.1) is 0 Å². The van der Waals surface area contributed by atoms with Gasteiger partial charge in [-0.05, 0) is 35.7 Å². The van der Waals surface area contributed by atoms with Gasteiger partial charge in [0.15, 0.2) is 0 Å². The number of hydrogen-bond donors (Lipinski definition) is 1. The van der Waals surface area contributed by atoms with Crippen molar-refractivity contribution in [3.8, 4) is 5.75 Å². The van der Waals surface area contributed by atoms with E-state index >= 15 is 0 Å². The molecule has 5 nitrogen and oxygen atoms in total. The van der Waals surface area contributed by atoms with Crippen LogP contribution in [0.4, 0.5) is 0 Å². The summed E-state index contributed by atoms with van der Waals surface area (Å²) >= 11 is 5.19. The fourth-order valence-corrected chi connectivity index (χ4v) is 4.60. The van der Waals surface area contributed by atoms with Crippen molar-refractivity contribution in [3.05, 3.63) is 56.2 Å². The number of rotatable bonds is 5. The Morgan fingerprint density at radius 2 is 2.15 bits per heavy atom. The molecule has 0 aliphatic carbocycles. The molecule has 0 spiro atoms. The van der Waals surface area contributed by atoms with E-state index < -0.39 is 0 Å². The topological polar surface area (TPSA) is 50.8 Å². The van der Waals surface area contributed by atoms with Gasteiger partial charge in [-0.3, -0.25) is 9.69 Å². The van der Waals surface area contributed by atoms with Gasteiger partial charge in [0.05, 0.1) is 24.8 Å². The first kappa shape index (κ1) is 18.7. The Bertz CT molecular complexity index is 832. The summed E-state index contributed by atoms with van der Waals surface area (Å²) in [5, 5.41) is 5.19. The monoisotopic (exact) mass is 448 g/mol. The number of ether oxygens (including phenoxy) is 2. The van der Waals surface area contributed by atoms with Crippen LogP contribution in [-0.4, -0.2) is 50.3 Å². The van der Waals surface area contributed by atoms with Crippen molar-refractivity contribution in [2.75, 3.05) is 39.5 Å². The second-order valence-corrected chi connectivity index (χ2v) is 8.42. The minimum atomic E-state index is -0.0737. The second-order valence-electron chi connectivity index (χ2n) is 6.53. The zero-order valence-corrected chi connectivity index (χ0v) is 17.2. The highest BCUT2D eigenvalue weighted by Crippen LogP contribution is 2.29. The molecule has 3 heterocycles. The van der Waals surface area contributed by atoms with Crippen LogP contribution in [0.2, 0.25) is 0 Å². The molecule has 7 heteroatoms. The lowest BCUT2D eigenvalue weighted by molar-refractivity contribution is -0.118. The standard InChI is InChI=1S/C20H21BrN2O3S/c21-16-3-4-18-14(11-16)10-15(13-26-18)20(24)22-12-17(19-2-1-9-27-19)23-5-7-25-8-6-23/h1-4,9-11,17H,5-8,12-13H2,(H,22,24)/t17-/m0/s1. The van der Waals surface area contributed by atoms with Crippen molar-refractivity contribution in [2.24, 2.45) is 0 Å². The van der Waals surface area contributed by atoms with Gasteiger partial charge in [0.2, 0.25) is 0 Å². The number of carbonyl (C=O) groups excluding carboxylic acids is 1. The number of hydrogen-bond acceptors (Lipinski definition) is 5. The molecule has 0 radical (unpaired) electrons. The molecule has 1 aromatic carbocycles. The van der Waals surface area contributed by atoms with Crippen molar-refractivity contribution in [1.82, 2.24) is 10.2 Å². The molecule has 142 valence electrons. The van der Waals surface area contributed by atoms with Crippen LogP contribution >= 0.6 is 27.3 Å². The molecule has 1 fully saturated rings. The Morgan fingerprint density at radius 1 is 1.30 bits per heavy atom. The Morgan fingerprint density at radius 3 is 2.93 bits per heavy atom. The lowest BCUT2D eigenvalue weighted by Gasteiger charge is -2.34. The number of halogens is 1. The Hall–Kier alpha value is -1.67. The lowest BCUT2D eigenvalue weighted by atomic mass is 10.1. The third-order valence-electron chi connectivity index (χ3n) is 4.79. The van der Waals surface area contributed by atoms with E-state index in [0.29, 0.717) is 18.7 Å². The summed E-state index contributed by atoms with van der Waals surface area (Å²) in [6, 6.07) is 10.2. The summed E-state index contributed by atoms with van der Waals surface area (Å²) in [5.74, 6) is 0.731. The smallest absolute Gasteiger partial charge is 0.250 e. The van der Waals surface area contributed by atoms with Crippen LogP contribution in [0.3, 0.4) is 0 Å². The molecule has 2 aliphatic rings. The number of amides is 1. The first-order chi connectivity index (χ1) is 13.2. The molecule has 0 bridgehead atoms. The fraction of sp³-hybridized carbons (Fsp3) is 0.350. The van der Waals surface area contributed by atoms with E-state index in [4.69, 9.17) is 9.47 Å². The molecule has 1 amide bonds. The molecular weight excluding hydrogens is 428 g/mol. The van der Waals surface area contributed by atoms with E-state index in [1.54, 1.807) is 11.3 Å². The number of nitrogens with zero attached hydrogens (tertiary/aromatic N) is 1. The molecule has 0 saturated carbocycles. The van der Waals surface area contributed by atoms with Crippen LogP contribution in [-0.2, 0) is 9.53 Å². The molecule has 27 heavy (non-hydrogen) atoms. The minimum absolute atomic E-state index is 0.0737. The molecule has 2 aromatic rings. The van der Waals surface area contributed by atoms with Crippen LogP contribution < -0.4 is 10.1 Å². The van der Waals surface area contributed by atoms with Gasteiger partial charge in [-0.1, -0.05) is 22.0 Å². The van der Waals surface area contributed by atoms with Crippen molar-refractivity contribution >= 4 is 39.2 Å². The average molecular weight is 449 g/mol. The maximum Gasteiger partial charge on any atom is 0.250 e. The van der Waals surface area contributed by atoms with Gasteiger partial charge >= 0.3 is 0 Å². The highest BCUT2D eigenvalue weighted by molar-refractivity contribution is 9.10. The number of fused-ring (bicyclic) bond motifs is 1. The highest BCUT2D eigenvalue weighted by Gasteiger charge is 2.25. The number of morpholine rings is 1. The molecular formula is C20H21BrN2O3S. The molecule has 4 rings (SSSR count). The molecule has 1 saturated heterocycles. The number of benzene rings is 1. The maximum atomic E-state index is 12.7. The Balaban J connectivity index is 1.45. The van der Waals surface area contributed by atoms with E-state index in [2.05, 4.69) is 43.7 Å². The van der Waals surface area contributed by atoms with Gasteiger partial charge in [0.1, 0.15) is 12.4 Å². The Kier molecular flexibility index (Phi) is 5.92. The van der Waals surface area contributed by atoms with Gasteiger partial charge in [0.25, 0.3) is 5.91 Å². The first-order valence-corrected chi connectivity index (χ1v) is 10.6. The normalized spacial score (nSPS) is 18.2. The van der Waals surface area contributed by atoms with Crippen LogP contribution in [0.1, 0.15) is 16.5 Å². The van der Waals surface area contributed by atoms with Gasteiger partial charge in [0, 0.05) is 34.5 Å². The van der Waals surface area contributed by atoms with E-state index in [9.17, 15) is 4.79 Å². The van der Waals surface area contributed by atoms with Crippen LogP contribution in [0.15, 0.2) is 45.8 Å². The van der Waals surface area contributed by atoms with Crippen molar-refractivity contribution in [1.29, 1.82) is 0 Å². The van der Waals surface area contributed by atoms with E-state index in [-0.39, 0.29) is 11.9 Å². The average Bonchev–Trinajstić information content (AvgIpc) is 3.22. The number of nitrogens with one attached hydrogen (secondary N) is 1. The SMILES string of the molecule is O=C(NC[C@@H](c1cccs1)N1CCOCC1)C1=Cc2cc(Br)ccc2OC1. The van der Waals surface area contributed by atoms with Crippen molar-refractivity contribution in [2.45, 2.75) is 6.04 Å². The molecule has 1 N–H and O–H groups in total. The second kappa shape index (κ2) is 8.56. The zero-order chi connectivity index (χ0) is 18.6. The molecule has 2 aliphatic heterocycles. The van der Waals surface area contributed by atoms with Crippen molar-refractivity contribution < 1.29 is 14.3 Å². The summed E-state index contributed by atoms with van der Waals surface area (Å²) in [5.41, 5.74) is 1.57. The summed E-state index contributed by atoms with van der Waals surface area (Å²) in [4.78, 5) is 16.4. The third kappa shape index (κ3) is 4.43. The predicted molar refractivity (Wildman–Crippen MR) is 110 cm³/mol. The highest BCUT2D eigenvalue weighted by atomic mass is 79.9. The minimum Gasteiger partial charge on any atom is -0.488 e. The zero-order valence-electron chi connectivity index (χ0n) is 14.8. The van der Waals surface area contributed by atoms with Gasteiger partial charge in [-0.25, -0.2) is 0 Å². The number of thiophene rings is 1. The molecule has 1 atom stereocenters. The summed E-state index contributed by atoms with van der Waals surface area (Å²) in [6.07, 6.45) is 1.91. The van der Waals surface area contributed by atoms with E-state index in [1.165, 1.54) is 4.88 Å². The summed E-state index contributed by atoms with van der Waals surface area (Å²) in [6.45, 7) is 4.10. The predicted octanol–water partition coefficient (Wildman–Crippen LogP) is 3.48. The van der Waals surface area contributed by atoms with Crippen LogP contribution in [0.25, 0.3) is 6.08 Å². The Labute approximate surface area is 171 Å². The summed E-state index contributed by atoms with van der Waals surface area (Å²) in [7, 11) is 0. The quantitative estimate of drug-likeness (QED) is 0.760. The first-order valence-electron chi connectivity index (χ1n) is 8.97. The lowest BCUT2D eigenvalue weighted by Crippen LogP contribution is -2.44. The van der Waals surface area contributed by atoms with Gasteiger partial charge < -0.3 is 14.8 Å². The van der Waals surface area contributed by atoms with Gasteiger partial charge in [-0.15, -0.1) is 11.3 Å². The largest absolute Gasteiger partial charge is 0.488 e. The third-order valence-corrected chi connectivity index (χ3v) is 6.26. The van der Waals surface area contributed by atoms with Gasteiger partial charge in [-0.2, -0.15) is 0 Å². The van der Waals surface area contributed by atoms with E-state index in [1.807, 2.05) is 24.3 Å². The molecule has 1 aromatic heterocycles. The van der Waals surface area contributed by atoms with E-state index in [0.717, 1.165) is 42.1 Å². The fourth-order valence-electron chi connectivity index (χ4n) is 3.36. The maximum absolute atomic E-state index is 12.7. The van der Waals surface area contributed by atoms with Crippen molar-refractivity contribution in [3.63, 3.8) is 0 Å². The van der Waals surface area contributed by atoms with Crippen LogP contribution in [0.5, 0.6) is 5.75 Å². The summed E-state index contributed by atoms with van der Waals surface area (Å²) < 4.78 is 12.2.